The van der Waals surface area contributed by atoms with Crippen molar-refractivity contribution in [2.24, 2.45) is 0 Å². The molecule has 1 aliphatic rings. The Labute approximate surface area is 162 Å². The maximum Gasteiger partial charge on any atom is 0.266 e. The molecule has 0 bridgehead atoms. The molecule has 1 aliphatic heterocycles. The molecule has 1 fully saturated rings. The minimum absolute atomic E-state index is 0.0804. The standard InChI is InChI=1S/C19H23N7O2/c1-15-21-18(28-23-15)14-25-10-8-24(9-11-25)12-13-26-19(27)3-2-17(22-26)16-4-6-20-7-5-16/h2-7H,8-14H2,1H3. The number of aromatic nitrogens is 5. The van der Waals surface area contributed by atoms with Gasteiger partial charge in [0.25, 0.3) is 5.56 Å². The topological polar surface area (TPSA) is 93.2 Å². The van der Waals surface area contributed by atoms with Crippen LogP contribution in [0.25, 0.3) is 11.3 Å². The number of aryl methyl sites for hydroxylation is 1. The Balaban J connectivity index is 1.31. The summed E-state index contributed by atoms with van der Waals surface area (Å²) in [7, 11) is 0. The van der Waals surface area contributed by atoms with Crippen LogP contribution in [0.1, 0.15) is 11.7 Å². The first-order valence-electron chi connectivity index (χ1n) is 9.40. The highest BCUT2D eigenvalue weighted by molar-refractivity contribution is 5.56. The second-order valence-corrected chi connectivity index (χ2v) is 6.87. The Bertz CT molecular complexity index is 962. The zero-order valence-electron chi connectivity index (χ0n) is 15.9. The number of rotatable bonds is 6. The monoisotopic (exact) mass is 381 g/mol. The molecule has 4 heterocycles. The van der Waals surface area contributed by atoms with Crippen LogP contribution in [0.3, 0.4) is 0 Å². The molecule has 0 N–H and O–H groups in total. The van der Waals surface area contributed by atoms with Gasteiger partial charge in [-0.1, -0.05) is 5.16 Å². The molecule has 0 unspecified atom stereocenters. The third kappa shape index (κ3) is 4.49. The van der Waals surface area contributed by atoms with Crippen molar-refractivity contribution in [3.05, 3.63) is 58.7 Å². The molecule has 0 saturated carbocycles. The summed E-state index contributed by atoms with van der Waals surface area (Å²) < 4.78 is 6.74. The zero-order chi connectivity index (χ0) is 19.3. The molecule has 4 rings (SSSR count). The first-order chi connectivity index (χ1) is 13.7. The molecule has 0 radical (unpaired) electrons. The largest absolute Gasteiger partial charge is 0.338 e. The van der Waals surface area contributed by atoms with E-state index in [1.807, 2.05) is 19.1 Å². The fraction of sp³-hybridized carbons (Fsp3) is 0.421. The lowest BCUT2D eigenvalue weighted by molar-refractivity contribution is 0.113. The number of pyridine rings is 1. The summed E-state index contributed by atoms with van der Waals surface area (Å²) in [5.41, 5.74) is 1.65. The first kappa shape index (κ1) is 18.5. The third-order valence-electron chi connectivity index (χ3n) is 4.86. The highest BCUT2D eigenvalue weighted by Crippen LogP contribution is 2.13. The van der Waals surface area contributed by atoms with E-state index in [2.05, 4.69) is 30.0 Å². The number of hydrogen-bond donors (Lipinski definition) is 0. The van der Waals surface area contributed by atoms with Gasteiger partial charge >= 0.3 is 0 Å². The number of piperazine rings is 1. The molecule has 0 amide bonds. The second-order valence-electron chi connectivity index (χ2n) is 6.87. The van der Waals surface area contributed by atoms with E-state index in [0.29, 0.717) is 24.8 Å². The van der Waals surface area contributed by atoms with E-state index in [1.165, 1.54) is 0 Å². The Kier molecular flexibility index (Phi) is 5.54. The van der Waals surface area contributed by atoms with Gasteiger partial charge in [-0.05, 0) is 25.1 Å². The summed E-state index contributed by atoms with van der Waals surface area (Å²) in [6, 6.07) is 7.11. The molecule has 0 spiro atoms. The molecule has 0 aromatic carbocycles. The Morgan fingerprint density at radius 3 is 2.46 bits per heavy atom. The van der Waals surface area contributed by atoms with Gasteiger partial charge in [0.2, 0.25) is 5.89 Å². The minimum atomic E-state index is -0.0804. The van der Waals surface area contributed by atoms with E-state index < -0.39 is 0 Å². The predicted octanol–water partition coefficient (Wildman–Crippen LogP) is 0.815. The first-order valence-corrected chi connectivity index (χ1v) is 9.40. The van der Waals surface area contributed by atoms with Gasteiger partial charge in [-0.3, -0.25) is 19.6 Å². The van der Waals surface area contributed by atoms with Crippen molar-refractivity contribution in [1.29, 1.82) is 0 Å². The SMILES string of the molecule is Cc1noc(CN2CCN(CCn3nc(-c4ccncc4)ccc3=O)CC2)n1. The lowest BCUT2D eigenvalue weighted by atomic mass is 10.2. The van der Waals surface area contributed by atoms with Crippen LogP contribution in [0.5, 0.6) is 0 Å². The summed E-state index contributed by atoms with van der Waals surface area (Å²) >= 11 is 0. The van der Waals surface area contributed by atoms with E-state index in [4.69, 9.17) is 4.52 Å². The van der Waals surface area contributed by atoms with Crippen LogP contribution in [-0.2, 0) is 13.1 Å². The summed E-state index contributed by atoms with van der Waals surface area (Å²) in [6.07, 6.45) is 3.45. The van der Waals surface area contributed by atoms with Crippen LogP contribution in [0.4, 0.5) is 0 Å². The van der Waals surface area contributed by atoms with E-state index in [1.54, 1.807) is 29.2 Å². The summed E-state index contributed by atoms with van der Waals surface area (Å²) in [6.45, 7) is 7.61. The van der Waals surface area contributed by atoms with Crippen LogP contribution in [0.15, 0.2) is 46.0 Å². The highest BCUT2D eigenvalue weighted by atomic mass is 16.5. The molecule has 0 atom stereocenters. The summed E-state index contributed by atoms with van der Waals surface area (Å²) in [4.78, 5) is 25.1. The lowest BCUT2D eigenvalue weighted by Crippen LogP contribution is -2.47. The van der Waals surface area contributed by atoms with Crippen LogP contribution in [0, 0.1) is 6.92 Å². The van der Waals surface area contributed by atoms with Crippen molar-refractivity contribution in [1.82, 2.24) is 34.7 Å². The number of hydrogen-bond acceptors (Lipinski definition) is 8. The fourth-order valence-electron chi connectivity index (χ4n) is 3.29. The molecule has 3 aromatic heterocycles. The zero-order valence-corrected chi connectivity index (χ0v) is 15.9. The molecule has 28 heavy (non-hydrogen) atoms. The minimum Gasteiger partial charge on any atom is -0.338 e. The van der Waals surface area contributed by atoms with Crippen molar-refractivity contribution in [3.8, 4) is 11.3 Å². The average Bonchev–Trinajstić information content (AvgIpc) is 3.14. The van der Waals surface area contributed by atoms with Gasteiger partial charge < -0.3 is 4.52 Å². The summed E-state index contributed by atoms with van der Waals surface area (Å²) in [5, 5.41) is 8.34. The van der Waals surface area contributed by atoms with Gasteiger partial charge in [-0.15, -0.1) is 0 Å². The van der Waals surface area contributed by atoms with E-state index in [-0.39, 0.29) is 5.56 Å². The van der Waals surface area contributed by atoms with Crippen LogP contribution in [-0.4, -0.2) is 67.4 Å². The molecule has 3 aromatic rings. The van der Waals surface area contributed by atoms with Gasteiger partial charge in [0.05, 0.1) is 18.8 Å². The molecule has 0 aliphatic carbocycles. The van der Waals surface area contributed by atoms with Crippen LogP contribution in [0.2, 0.25) is 0 Å². The van der Waals surface area contributed by atoms with Gasteiger partial charge in [-0.2, -0.15) is 10.1 Å². The molecule has 9 nitrogen and oxygen atoms in total. The maximum atomic E-state index is 12.2. The van der Waals surface area contributed by atoms with E-state index >= 15 is 0 Å². The van der Waals surface area contributed by atoms with Crippen molar-refractivity contribution < 1.29 is 4.52 Å². The second kappa shape index (κ2) is 8.41. The van der Waals surface area contributed by atoms with E-state index in [9.17, 15) is 4.79 Å². The van der Waals surface area contributed by atoms with Crippen molar-refractivity contribution in [2.75, 3.05) is 32.7 Å². The van der Waals surface area contributed by atoms with Gasteiger partial charge in [0, 0.05) is 56.7 Å². The van der Waals surface area contributed by atoms with Crippen molar-refractivity contribution >= 4 is 0 Å². The van der Waals surface area contributed by atoms with Gasteiger partial charge in [0.15, 0.2) is 5.82 Å². The third-order valence-corrected chi connectivity index (χ3v) is 4.86. The van der Waals surface area contributed by atoms with Gasteiger partial charge in [-0.25, -0.2) is 4.68 Å². The Morgan fingerprint density at radius 1 is 1.00 bits per heavy atom. The van der Waals surface area contributed by atoms with Crippen molar-refractivity contribution in [3.63, 3.8) is 0 Å². The Hall–Kier alpha value is -2.91. The fourth-order valence-corrected chi connectivity index (χ4v) is 3.29. The van der Waals surface area contributed by atoms with Crippen LogP contribution < -0.4 is 5.56 Å². The van der Waals surface area contributed by atoms with Crippen molar-refractivity contribution in [2.45, 2.75) is 20.0 Å². The normalized spacial score (nSPS) is 15.8. The molecule has 1 saturated heterocycles. The number of nitrogens with zero attached hydrogens (tertiary/aromatic N) is 7. The molecule has 146 valence electrons. The Morgan fingerprint density at radius 2 is 1.75 bits per heavy atom. The maximum absolute atomic E-state index is 12.2. The van der Waals surface area contributed by atoms with Gasteiger partial charge in [0.1, 0.15) is 0 Å². The quantitative estimate of drug-likeness (QED) is 0.619. The predicted molar refractivity (Wildman–Crippen MR) is 102 cm³/mol. The summed E-state index contributed by atoms with van der Waals surface area (Å²) in [5.74, 6) is 1.33. The lowest BCUT2D eigenvalue weighted by Gasteiger charge is -2.33. The molecular weight excluding hydrogens is 358 g/mol. The average molecular weight is 381 g/mol. The van der Waals surface area contributed by atoms with Crippen LogP contribution >= 0.6 is 0 Å². The highest BCUT2D eigenvalue weighted by Gasteiger charge is 2.19. The molecular formula is C19H23N7O2. The smallest absolute Gasteiger partial charge is 0.266 e. The molecule has 9 heteroatoms. The van der Waals surface area contributed by atoms with E-state index in [0.717, 1.165) is 44.0 Å².